The van der Waals surface area contributed by atoms with E-state index in [1.54, 1.807) is 18.2 Å². The van der Waals surface area contributed by atoms with Crippen LogP contribution >= 0.6 is 0 Å². The Hall–Kier alpha value is -1.91. The number of ether oxygens (including phenoxy) is 2. The summed E-state index contributed by atoms with van der Waals surface area (Å²) in [4.78, 5) is 12.1. The molecule has 116 valence electrons. The first-order valence-electron chi connectivity index (χ1n) is 7.13. The van der Waals surface area contributed by atoms with Crippen LogP contribution < -0.4 is 20.1 Å². The van der Waals surface area contributed by atoms with Crippen LogP contribution in [0.4, 0.5) is 10.5 Å². The van der Waals surface area contributed by atoms with Crippen molar-refractivity contribution < 1.29 is 14.3 Å². The molecule has 2 N–H and O–H groups in total. The average Bonchev–Trinajstić information content (AvgIpc) is 2.71. The topological polar surface area (TPSA) is 59.6 Å². The Morgan fingerprint density at radius 2 is 1.81 bits per heavy atom. The first kappa shape index (κ1) is 15.5. The van der Waals surface area contributed by atoms with Crippen molar-refractivity contribution in [1.29, 1.82) is 0 Å². The van der Waals surface area contributed by atoms with Crippen LogP contribution in [0.1, 0.15) is 41.0 Å². The Bertz CT molecular complexity index is 533. The second kappa shape index (κ2) is 5.47. The van der Waals surface area contributed by atoms with Crippen molar-refractivity contribution in [3.8, 4) is 11.5 Å². The Labute approximate surface area is 126 Å². The number of carbonyl (C=O) groups excluding carboxylic acids is 1. The summed E-state index contributed by atoms with van der Waals surface area (Å²) in [6.45, 7) is 10.8. The van der Waals surface area contributed by atoms with Crippen molar-refractivity contribution in [2.75, 3.05) is 12.1 Å². The lowest BCUT2D eigenvalue weighted by atomic mass is 9.82. The molecule has 21 heavy (non-hydrogen) atoms. The molecule has 0 radical (unpaired) electrons. The fourth-order valence-electron chi connectivity index (χ4n) is 2.81. The number of anilines is 1. The van der Waals surface area contributed by atoms with Crippen molar-refractivity contribution in [3.05, 3.63) is 18.2 Å². The third kappa shape index (κ3) is 4.55. The maximum Gasteiger partial charge on any atom is 0.319 e. The number of fused-ring (bicyclic) bond motifs is 1. The highest BCUT2D eigenvalue weighted by atomic mass is 16.7. The molecule has 0 bridgehead atoms. The van der Waals surface area contributed by atoms with Gasteiger partial charge in [0.05, 0.1) is 0 Å². The van der Waals surface area contributed by atoms with Gasteiger partial charge in [-0.1, -0.05) is 20.8 Å². The fourth-order valence-corrected chi connectivity index (χ4v) is 2.81. The van der Waals surface area contributed by atoms with Crippen molar-refractivity contribution in [3.63, 3.8) is 0 Å². The van der Waals surface area contributed by atoms with Crippen LogP contribution in [0.5, 0.6) is 11.5 Å². The van der Waals surface area contributed by atoms with E-state index in [-0.39, 0.29) is 23.8 Å². The molecule has 5 nitrogen and oxygen atoms in total. The number of hydrogen-bond acceptors (Lipinski definition) is 3. The molecule has 0 aliphatic carbocycles. The highest BCUT2D eigenvalue weighted by molar-refractivity contribution is 5.90. The molecule has 2 rings (SSSR count). The third-order valence-corrected chi connectivity index (χ3v) is 3.05. The molecule has 0 atom stereocenters. The van der Waals surface area contributed by atoms with Crippen LogP contribution in [0.15, 0.2) is 18.2 Å². The average molecular weight is 292 g/mol. The number of urea groups is 1. The molecule has 0 spiro atoms. The van der Waals surface area contributed by atoms with E-state index < -0.39 is 0 Å². The van der Waals surface area contributed by atoms with Gasteiger partial charge in [-0.15, -0.1) is 0 Å². The quantitative estimate of drug-likeness (QED) is 0.892. The zero-order chi connectivity index (χ0) is 15.7. The van der Waals surface area contributed by atoms with Crippen LogP contribution in [-0.2, 0) is 0 Å². The molecule has 0 fully saturated rings. The predicted octanol–water partition coefficient (Wildman–Crippen LogP) is 3.75. The number of nitrogens with one attached hydrogen (secondary N) is 2. The van der Waals surface area contributed by atoms with Crippen molar-refractivity contribution in [2.45, 2.75) is 46.6 Å². The molecule has 1 aromatic carbocycles. The number of hydrogen-bond donors (Lipinski definition) is 2. The molecular formula is C16H24N2O3. The smallest absolute Gasteiger partial charge is 0.319 e. The normalized spacial score (nSPS) is 14.0. The summed E-state index contributed by atoms with van der Waals surface area (Å²) in [5.41, 5.74) is 0.553. The van der Waals surface area contributed by atoms with E-state index in [1.807, 2.05) is 13.8 Å². The highest BCUT2D eigenvalue weighted by Crippen LogP contribution is 2.34. The van der Waals surface area contributed by atoms with E-state index in [0.717, 1.165) is 6.42 Å². The Morgan fingerprint density at radius 1 is 1.14 bits per heavy atom. The van der Waals surface area contributed by atoms with Gasteiger partial charge in [-0.25, -0.2) is 4.79 Å². The maximum absolute atomic E-state index is 12.1. The van der Waals surface area contributed by atoms with Gasteiger partial charge in [0.15, 0.2) is 11.5 Å². The lowest BCUT2D eigenvalue weighted by Crippen LogP contribution is -2.47. The molecular weight excluding hydrogens is 268 g/mol. The summed E-state index contributed by atoms with van der Waals surface area (Å²) in [6.07, 6.45) is 0.883. The zero-order valence-corrected chi connectivity index (χ0v) is 13.4. The van der Waals surface area contributed by atoms with Crippen LogP contribution in [0.25, 0.3) is 0 Å². The standard InChI is InChI=1S/C16H24N2O3/c1-15(2,3)9-16(4,5)18-14(19)17-11-6-7-12-13(8-11)21-10-20-12/h6-8H,9-10H2,1-5H3,(H2,17,18,19). The first-order chi connectivity index (χ1) is 9.65. The van der Waals surface area contributed by atoms with Crippen molar-refractivity contribution in [2.24, 2.45) is 5.41 Å². The Balaban J connectivity index is 1.95. The van der Waals surface area contributed by atoms with Gasteiger partial charge in [-0.05, 0) is 37.8 Å². The highest BCUT2D eigenvalue weighted by Gasteiger charge is 2.27. The minimum absolute atomic E-state index is 0.148. The maximum atomic E-state index is 12.1. The van der Waals surface area contributed by atoms with Gasteiger partial charge in [0.1, 0.15) is 0 Å². The molecule has 0 saturated heterocycles. The van der Waals surface area contributed by atoms with Gasteiger partial charge in [-0.3, -0.25) is 0 Å². The van der Waals surface area contributed by atoms with Crippen LogP contribution in [0, 0.1) is 5.41 Å². The third-order valence-electron chi connectivity index (χ3n) is 3.05. The summed E-state index contributed by atoms with van der Waals surface area (Å²) < 4.78 is 10.5. The Morgan fingerprint density at radius 3 is 2.48 bits per heavy atom. The van der Waals surface area contributed by atoms with Crippen molar-refractivity contribution in [1.82, 2.24) is 5.32 Å². The zero-order valence-electron chi connectivity index (χ0n) is 13.4. The first-order valence-corrected chi connectivity index (χ1v) is 7.13. The number of benzene rings is 1. The molecule has 1 aromatic rings. The molecule has 0 saturated carbocycles. The number of amides is 2. The van der Waals surface area contributed by atoms with Gasteiger partial charge < -0.3 is 20.1 Å². The summed E-state index contributed by atoms with van der Waals surface area (Å²) in [5, 5.41) is 5.83. The van der Waals surface area contributed by atoms with Gasteiger partial charge in [0.25, 0.3) is 0 Å². The fraction of sp³-hybridized carbons (Fsp3) is 0.562. The number of carbonyl (C=O) groups is 1. The molecule has 1 aliphatic heterocycles. The molecule has 2 amide bonds. The van der Waals surface area contributed by atoms with Crippen LogP contribution in [0.2, 0.25) is 0 Å². The monoisotopic (exact) mass is 292 g/mol. The van der Waals surface area contributed by atoms with Gasteiger partial charge in [-0.2, -0.15) is 0 Å². The summed E-state index contributed by atoms with van der Waals surface area (Å²) in [7, 11) is 0. The second-order valence-electron chi connectivity index (χ2n) is 7.27. The summed E-state index contributed by atoms with van der Waals surface area (Å²) >= 11 is 0. The SMILES string of the molecule is CC(C)(C)CC(C)(C)NC(=O)Nc1ccc2c(c1)OCO2. The molecule has 5 heteroatoms. The van der Waals surface area contributed by atoms with Gasteiger partial charge in [0.2, 0.25) is 6.79 Å². The van der Waals surface area contributed by atoms with E-state index >= 15 is 0 Å². The summed E-state index contributed by atoms with van der Waals surface area (Å²) in [6, 6.07) is 5.13. The van der Waals surface area contributed by atoms with Crippen molar-refractivity contribution >= 4 is 11.7 Å². The van der Waals surface area contributed by atoms with E-state index in [1.165, 1.54) is 0 Å². The van der Waals surface area contributed by atoms with Gasteiger partial charge >= 0.3 is 6.03 Å². The molecule has 0 aromatic heterocycles. The molecule has 0 unspecified atom stereocenters. The largest absolute Gasteiger partial charge is 0.454 e. The molecule has 1 heterocycles. The van der Waals surface area contributed by atoms with Crippen LogP contribution in [0.3, 0.4) is 0 Å². The summed E-state index contributed by atoms with van der Waals surface area (Å²) in [5.74, 6) is 1.36. The predicted molar refractivity (Wildman–Crippen MR) is 82.9 cm³/mol. The minimum atomic E-state index is -0.279. The second-order valence-corrected chi connectivity index (χ2v) is 7.27. The van der Waals surface area contributed by atoms with Crippen LogP contribution in [-0.4, -0.2) is 18.4 Å². The number of rotatable bonds is 3. The van der Waals surface area contributed by atoms with E-state index in [2.05, 4.69) is 31.4 Å². The molecule has 1 aliphatic rings. The van der Waals surface area contributed by atoms with E-state index in [9.17, 15) is 4.79 Å². The minimum Gasteiger partial charge on any atom is -0.454 e. The lowest BCUT2D eigenvalue weighted by molar-refractivity contribution is 0.174. The van der Waals surface area contributed by atoms with E-state index in [0.29, 0.717) is 17.2 Å². The van der Waals surface area contributed by atoms with E-state index in [4.69, 9.17) is 9.47 Å². The lowest BCUT2D eigenvalue weighted by Gasteiger charge is -2.33. The van der Waals surface area contributed by atoms with Gasteiger partial charge in [0, 0.05) is 17.3 Å². The Kier molecular flexibility index (Phi) is 4.03.